The van der Waals surface area contributed by atoms with Crippen molar-refractivity contribution in [2.75, 3.05) is 19.8 Å². The molecule has 1 rings (SSSR count). The fourth-order valence-corrected chi connectivity index (χ4v) is 1.83. The van der Waals surface area contributed by atoms with E-state index in [4.69, 9.17) is 9.84 Å². The molecule has 0 spiro atoms. The number of rotatable bonds is 5. The van der Waals surface area contributed by atoms with Crippen LogP contribution in [0.15, 0.2) is 0 Å². The summed E-state index contributed by atoms with van der Waals surface area (Å²) in [7, 11) is 0. The lowest BCUT2D eigenvalue weighted by Crippen LogP contribution is -2.49. The van der Waals surface area contributed by atoms with Gasteiger partial charge in [-0.3, -0.25) is 9.59 Å². The van der Waals surface area contributed by atoms with Crippen LogP contribution in [0, 0.1) is 0 Å². The zero-order valence-electron chi connectivity index (χ0n) is 9.65. The molecule has 1 N–H and O–H groups in total. The van der Waals surface area contributed by atoms with Crippen LogP contribution in [0.1, 0.15) is 32.6 Å². The van der Waals surface area contributed by atoms with Crippen LogP contribution >= 0.6 is 0 Å². The molecule has 5 heteroatoms. The number of amides is 1. The zero-order chi connectivity index (χ0) is 12.0. The average molecular weight is 229 g/mol. The second-order valence-corrected chi connectivity index (χ2v) is 4.02. The number of carbonyl (C=O) groups is 2. The molecule has 0 aromatic rings. The second-order valence-electron chi connectivity index (χ2n) is 4.02. The second kappa shape index (κ2) is 6.48. The summed E-state index contributed by atoms with van der Waals surface area (Å²) in [5.41, 5.74) is 0. The number of ether oxygens (including phenoxy) is 1. The number of hydrogen-bond donors (Lipinski definition) is 1. The van der Waals surface area contributed by atoms with Crippen molar-refractivity contribution in [1.82, 2.24) is 4.90 Å². The Morgan fingerprint density at radius 1 is 1.50 bits per heavy atom. The highest BCUT2D eigenvalue weighted by Gasteiger charge is 2.28. The Kier molecular flexibility index (Phi) is 5.25. The Labute approximate surface area is 95.4 Å². The van der Waals surface area contributed by atoms with E-state index in [-0.39, 0.29) is 18.4 Å². The molecule has 1 aliphatic heterocycles. The Balaban J connectivity index is 2.51. The summed E-state index contributed by atoms with van der Waals surface area (Å²) < 4.78 is 5.21. The summed E-state index contributed by atoms with van der Waals surface area (Å²) in [5, 5.41) is 8.75. The molecular formula is C11H19NO4. The van der Waals surface area contributed by atoms with Crippen molar-refractivity contribution in [3.8, 4) is 0 Å². The number of hydrogen-bond acceptors (Lipinski definition) is 3. The molecule has 92 valence electrons. The van der Waals surface area contributed by atoms with Gasteiger partial charge in [-0.15, -0.1) is 0 Å². The van der Waals surface area contributed by atoms with E-state index in [0.717, 1.165) is 12.8 Å². The van der Waals surface area contributed by atoms with E-state index in [1.54, 1.807) is 4.90 Å². The van der Waals surface area contributed by atoms with Gasteiger partial charge in [-0.2, -0.15) is 0 Å². The third-order valence-corrected chi connectivity index (χ3v) is 2.70. The monoisotopic (exact) mass is 229 g/mol. The Morgan fingerprint density at radius 3 is 2.88 bits per heavy atom. The predicted molar refractivity (Wildman–Crippen MR) is 58.1 cm³/mol. The van der Waals surface area contributed by atoms with Gasteiger partial charge in [-0.05, 0) is 6.42 Å². The summed E-state index contributed by atoms with van der Waals surface area (Å²) in [5.74, 6) is -0.833. The fourth-order valence-electron chi connectivity index (χ4n) is 1.83. The number of nitrogens with zero attached hydrogens (tertiary/aromatic N) is 1. The molecule has 0 bridgehead atoms. The molecule has 1 amide bonds. The third-order valence-electron chi connectivity index (χ3n) is 2.70. The van der Waals surface area contributed by atoms with E-state index >= 15 is 0 Å². The molecule has 5 nitrogen and oxygen atoms in total. The standard InChI is InChI=1S/C11H19NO4/c1-2-3-4-10(13)12-5-6-16-8-9(12)7-11(14)15/h9H,2-8H2,1H3,(H,14,15). The molecular weight excluding hydrogens is 210 g/mol. The molecule has 16 heavy (non-hydrogen) atoms. The maximum absolute atomic E-state index is 11.8. The van der Waals surface area contributed by atoms with Crippen LogP contribution in [-0.2, 0) is 14.3 Å². The van der Waals surface area contributed by atoms with Gasteiger partial charge in [0.1, 0.15) is 0 Å². The number of carboxylic acid groups (broad SMARTS) is 1. The highest BCUT2D eigenvalue weighted by atomic mass is 16.5. The quantitative estimate of drug-likeness (QED) is 0.760. The van der Waals surface area contributed by atoms with E-state index in [1.165, 1.54) is 0 Å². The first-order valence-corrected chi connectivity index (χ1v) is 5.74. The van der Waals surface area contributed by atoms with Crippen LogP contribution in [0.2, 0.25) is 0 Å². The predicted octanol–water partition coefficient (Wildman–Crippen LogP) is 0.879. The van der Waals surface area contributed by atoms with Crippen LogP contribution in [0.25, 0.3) is 0 Å². The van der Waals surface area contributed by atoms with Gasteiger partial charge in [0.05, 0.1) is 25.7 Å². The van der Waals surface area contributed by atoms with Gasteiger partial charge in [-0.1, -0.05) is 13.3 Å². The summed E-state index contributed by atoms with van der Waals surface area (Å²) in [6.07, 6.45) is 2.31. The first-order valence-electron chi connectivity index (χ1n) is 5.74. The van der Waals surface area contributed by atoms with Gasteiger partial charge in [0.15, 0.2) is 0 Å². The number of aliphatic carboxylic acids is 1. The van der Waals surface area contributed by atoms with Crippen molar-refractivity contribution in [2.45, 2.75) is 38.6 Å². The molecule has 0 saturated carbocycles. The van der Waals surface area contributed by atoms with Crippen molar-refractivity contribution < 1.29 is 19.4 Å². The van der Waals surface area contributed by atoms with E-state index in [9.17, 15) is 9.59 Å². The lowest BCUT2D eigenvalue weighted by Gasteiger charge is -2.34. The molecule has 1 aliphatic rings. The maximum Gasteiger partial charge on any atom is 0.305 e. The van der Waals surface area contributed by atoms with Gasteiger partial charge < -0.3 is 14.7 Å². The van der Waals surface area contributed by atoms with Crippen LogP contribution < -0.4 is 0 Å². The van der Waals surface area contributed by atoms with Crippen LogP contribution in [0.4, 0.5) is 0 Å². The van der Waals surface area contributed by atoms with Gasteiger partial charge in [0, 0.05) is 13.0 Å². The topological polar surface area (TPSA) is 66.8 Å². The van der Waals surface area contributed by atoms with Gasteiger partial charge in [0.25, 0.3) is 0 Å². The smallest absolute Gasteiger partial charge is 0.305 e. The number of unbranched alkanes of at least 4 members (excludes halogenated alkanes) is 1. The van der Waals surface area contributed by atoms with Crippen molar-refractivity contribution in [3.05, 3.63) is 0 Å². The minimum Gasteiger partial charge on any atom is -0.481 e. The first-order chi connectivity index (χ1) is 7.65. The minimum absolute atomic E-state index is 0.0299. The van der Waals surface area contributed by atoms with E-state index in [0.29, 0.717) is 26.2 Å². The molecule has 0 aromatic carbocycles. The largest absolute Gasteiger partial charge is 0.481 e. The lowest BCUT2D eigenvalue weighted by molar-refractivity contribution is -0.146. The van der Waals surface area contributed by atoms with E-state index in [1.807, 2.05) is 6.92 Å². The molecule has 1 unspecified atom stereocenters. The first kappa shape index (κ1) is 13.0. The summed E-state index contributed by atoms with van der Waals surface area (Å²) >= 11 is 0. The fraction of sp³-hybridized carbons (Fsp3) is 0.818. The van der Waals surface area contributed by atoms with E-state index in [2.05, 4.69) is 0 Å². The molecule has 0 radical (unpaired) electrons. The Bertz CT molecular complexity index is 254. The molecule has 1 atom stereocenters. The van der Waals surface area contributed by atoms with Gasteiger partial charge in [0.2, 0.25) is 5.91 Å². The van der Waals surface area contributed by atoms with Crippen molar-refractivity contribution >= 4 is 11.9 Å². The Hall–Kier alpha value is -1.10. The Morgan fingerprint density at radius 2 is 2.25 bits per heavy atom. The van der Waals surface area contributed by atoms with Crippen molar-refractivity contribution in [2.24, 2.45) is 0 Å². The third kappa shape index (κ3) is 3.81. The lowest BCUT2D eigenvalue weighted by atomic mass is 10.1. The van der Waals surface area contributed by atoms with Crippen molar-refractivity contribution in [3.63, 3.8) is 0 Å². The molecule has 0 aliphatic carbocycles. The van der Waals surface area contributed by atoms with Gasteiger partial charge >= 0.3 is 5.97 Å². The zero-order valence-corrected chi connectivity index (χ0v) is 9.65. The molecule has 1 heterocycles. The van der Waals surface area contributed by atoms with Gasteiger partial charge in [-0.25, -0.2) is 0 Å². The highest BCUT2D eigenvalue weighted by Crippen LogP contribution is 2.13. The minimum atomic E-state index is -0.885. The van der Waals surface area contributed by atoms with E-state index < -0.39 is 5.97 Å². The summed E-state index contributed by atoms with van der Waals surface area (Å²) in [6, 6.07) is -0.296. The van der Waals surface area contributed by atoms with Crippen LogP contribution in [-0.4, -0.2) is 47.7 Å². The normalized spacial score (nSPS) is 20.8. The SMILES string of the molecule is CCCCC(=O)N1CCOCC1CC(=O)O. The number of carbonyl (C=O) groups excluding carboxylic acids is 1. The van der Waals surface area contributed by atoms with Crippen LogP contribution in [0.3, 0.4) is 0 Å². The van der Waals surface area contributed by atoms with Crippen molar-refractivity contribution in [1.29, 1.82) is 0 Å². The number of morpholine rings is 1. The molecule has 0 aromatic heterocycles. The highest BCUT2D eigenvalue weighted by molar-refractivity contribution is 5.77. The average Bonchev–Trinajstić information content (AvgIpc) is 2.26. The molecule has 1 saturated heterocycles. The number of carboxylic acids is 1. The van der Waals surface area contributed by atoms with Crippen LogP contribution in [0.5, 0.6) is 0 Å². The summed E-state index contributed by atoms with van der Waals surface area (Å²) in [6.45, 7) is 3.39. The maximum atomic E-state index is 11.8. The summed E-state index contributed by atoms with van der Waals surface area (Å²) in [4.78, 5) is 24.1. The molecule has 1 fully saturated rings.